The highest BCUT2D eigenvalue weighted by atomic mass is 35.5. The maximum Gasteiger partial charge on any atom is 0.223 e. The molecule has 0 spiro atoms. The topological polar surface area (TPSA) is 33.2 Å². The summed E-state index contributed by atoms with van der Waals surface area (Å²) in [7, 11) is 0. The number of hydrogen-bond acceptors (Lipinski definition) is 3. The molecule has 2 rings (SSSR count). The summed E-state index contributed by atoms with van der Waals surface area (Å²) in [4.78, 5) is 17.8. The van der Waals surface area contributed by atoms with E-state index < -0.39 is 0 Å². The first kappa shape index (κ1) is 10.9. The lowest BCUT2D eigenvalue weighted by Crippen LogP contribution is -2.24. The van der Waals surface area contributed by atoms with Gasteiger partial charge in [-0.2, -0.15) is 0 Å². The number of carbonyl (C=O) groups excluding carboxylic acids is 1. The number of alkyl halides is 1. The molecule has 1 saturated heterocycles. The van der Waals surface area contributed by atoms with Crippen LogP contribution in [0.5, 0.6) is 0 Å². The van der Waals surface area contributed by atoms with Crippen molar-refractivity contribution in [2.75, 3.05) is 12.4 Å². The SMILES string of the molecule is Cc1nc(CN2CC(CCl)CC2=O)cs1. The second kappa shape index (κ2) is 4.49. The van der Waals surface area contributed by atoms with Crippen LogP contribution in [0.3, 0.4) is 0 Å². The van der Waals surface area contributed by atoms with Gasteiger partial charge in [-0.05, 0) is 12.8 Å². The molecule has 1 aliphatic rings. The molecule has 1 aromatic rings. The van der Waals surface area contributed by atoms with Crippen molar-refractivity contribution in [1.29, 1.82) is 0 Å². The summed E-state index contributed by atoms with van der Waals surface area (Å²) in [5.41, 5.74) is 0.987. The van der Waals surface area contributed by atoms with Gasteiger partial charge in [0, 0.05) is 24.2 Å². The summed E-state index contributed by atoms with van der Waals surface area (Å²) in [6, 6.07) is 0. The Kier molecular flexibility index (Phi) is 3.26. The fourth-order valence-electron chi connectivity index (χ4n) is 1.79. The normalized spacial score (nSPS) is 21.3. The minimum Gasteiger partial charge on any atom is -0.336 e. The number of hydrogen-bond donors (Lipinski definition) is 0. The molecule has 0 N–H and O–H groups in total. The highest BCUT2D eigenvalue weighted by molar-refractivity contribution is 7.09. The first-order chi connectivity index (χ1) is 7.19. The average molecular weight is 245 g/mol. The summed E-state index contributed by atoms with van der Waals surface area (Å²) >= 11 is 7.37. The Hall–Kier alpha value is -0.610. The molecule has 15 heavy (non-hydrogen) atoms. The van der Waals surface area contributed by atoms with Gasteiger partial charge < -0.3 is 4.90 Å². The molecule has 2 heterocycles. The number of nitrogens with zero attached hydrogens (tertiary/aromatic N) is 2. The Morgan fingerprint density at radius 2 is 2.53 bits per heavy atom. The van der Waals surface area contributed by atoms with Crippen molar-refractivity contribution in [3.8, 4) is 0 Å². The van der Waals surface area contributed by atoms with Crippen molar-refractivity contribution in [2.45, 2.75) is 19.9 Å². The van der Waals surface area contributed by atoms with Gasteiger partial charge in [0.1, 0.15) is 0 Å². The first-order valence-electron chi connectivity index (χ1n) is 4.94. The van der Waals surface area contributed by atoms with E-state index in [-0.39, 0.29) is 5.91 Å². The van der Waals surface area contributed by atoms with Crippen LogP contribution in [0.2, 0.25) is 0 Å². The minimum absolute atomic E-state index is 0.200. The maximum absolute atomic E-state index is 11.6. The smallest absolute Gasteiger partial charge is 0.223 e. The van der Waals surface area contributed by atoms with Crippen molar-refractivity contribution in [3.63, 3.8) is 0 Å². The second-order valence-corrected chi connectivity index (χ2v) is 5.23. The molecule has 1 aliphatic heterocycles. The fourth-order valence-corrected chi connectivity index (χ4v) is 2.60. The highest BCUT2D eigenvalue weighted by Gasteiger charge is 2.29. The van der Waals surface area contributed by atoms with Crippen LogP contribution >= 0.6 is 22.9 Å². The van der Waals surface area contributed by atoms with Crippen molar-refractivity contribution >= 4 is 28.8 Å². The zero-order valence-electron chi connectivity index (χ0n) is 8.57. The number of thiazole rings is 1. The lowest BCUT2D eigenvalue weighted by molar-refractivity contribution is -0.128. The van der Waals surface area contributed by atoms with E-state index in [4.69, 9.17) is 11.6 Å². The largest absolute Gasteiger partial charge is 0.336 e. The Labute approximate surface area is 98.1 Å². The molecule has 1 amide bonds. The zero-order chi connectivity index (χ0) is 10.8. The van der Waals surface area contributed by atoms with Crippen LogP contribution in [0, 0.1) is 12.8 Å². The van der Waals surface area contributed by atoms with E-state index in [1.807, 2.05) is 17.2 Å². The van der Waals surface area contributed by atoms with E-state index in [1.54, 1.807) is 11.3 Å². The number of halogens is 1. The van der Waals surface area contributed by atoms with Crippen LogP contribution in [0.4, 0.5) is 0 Å². The molecular formula is C10H13ClN2OS. The van der Waals surface area contributed by atoms with Gasteiger partial charge in [-0.3, -0.25) is 4.79 Å². The van der Waals surface area contributed by atoms with Crippen LogP contribution in [0.1, 0.15) is 17.1 Å². The standard InChI is InChI=1S/C10H13ClN2OS/c1-7-12-9(6-15-7)5-13-4-8(3-11)2-10(13)14/h6,8H,2-5H2,1H3. The molecule has 0 aliphatic carbocycles. The molecule has 0 bridgehead atoms. The van der Waals surface area contributed by atoms with Crippen molar-refractivity contribution in [2.24, 2.45) is 5.92 Å². The third kappa shape index (κ3) is 2.49. The zero-order valence-corrected chi connectivity index (χ0v) is 10.1. The van der Waals surface area contributed by atoms with Crippen molar-refractivity contribution in [3.05, 3.63) is 16.1 Å². The lowest BCUT2D eigenvalue weighted by Gasteiger charge is -2.14. The van der Waals surface area contributed by atoms with E-state index in [1.165, 1.54) is 0 Å². The quantitative estimate of drug-likeness (QED) is 0.763. The molecule has 3 nitrogen and oxygen atoms in total. The molecular weight excluding hydrogens is 232 g/mol. The molecule has 5 heteroatoms. The Bertz CT molecular complexity index is 366. The first-order valence-corrected chi connectivity index (χ1v) is 6.35. The van der Waals surface area contributed by atoms with Gasteiger partial charge in [0.25, 0.3) is 0 Å². The monoisotopic (exact) mass is 244 g/mol. The number of rotatable bonds is 3. The Balaban J connectivity index is 1.98. The summed E-state index contributed by atoms with van der Waals surface area (Å²) in [5, 5.41) is 3.06. The Morgan fingerprint density at radius 1 is 1.73 bits per heavy atom. The molecule has 1 unspecified atom stereocenters. The summed E-state index contributed by atoms with van der Waals surface area (Å²) in [6.07, 6.45) is 0.590. The van der Waals surface area contributed by atoms with Crippen LogP contribution in [-0.4, -0.2) is 28.2 Å². The third-order valence-corrected chi connectivity index (χ3v) is 3.79. The van der Waals surface area contributed by atoms with E-state index in [0.29, 0.717) is 24.8 Å². The molecule has 1 aromatic heterocycles. The second-order valence-electron chi connectivity index (χ2n) is 3.86. The molecule has 0 aromatic carbocycles. The summed E-state index contributed by atoms with van der Waals surface area (Å²) in [5.74, 6) is 1.09. The van der Waals surface area contributed by atoms with Crippen LogP contribution in [0.15, 0.2) is 5.38 Å². The van der Waals surface area contributed by atoms with Crippen LogP contribution < -0.4 is 0 Å². The highest BCUT2D eigenvalue weighted by Crippen LogP contribution is 2.21. The van der Waals surface area contributed by atoms with Gasteiger partial charge in [-0.25, -0.2) is 4.98 Å². The average Bonchev–Trinajstić information content (AvgIpc) is 2.75. The van der Waals surface area contributed by atoms with Gasteiger partial charge in [-0.1, -0.05) is 0 Å². The summed E-state index contributed by atoms with van der Waals surface area (Å²) in [6.45, 7) is 3.39. The summed E-state index contributed by atoms with van der Waals surface area (Å²) < 4.78 is 0. The predicted octanol–water partition coefficient (Wildman–Crippen LogP) is 2.04. The number of carbonyl (C=O) groups is 1. The molecule has 0 saturated carbocycles. The lowest BCUT2D eigenvalue weighted by atomic mass is 10.1. The number of aryl methyl sites for hydroxylation is 1. The van der Waals surface area contributed by atoms with E-state index >= 15 is 0 Å². The van der Waals surface area contributed by atoms with Gasteiger partial charge in [0.05, 0.1) is 17.2 Å². The number of likely N-dealkylation sites (tertiary alicyclic amines) is 1. The number of aromatic nitrogens is 1. The fraction of sp³-hybridized carbons (Fsp3) is 0.600. The van der Waals surface area contributed by atoms with E-state index in [2.05, 4.69) is 4.98 Å². The maximum atomic E-state index is 11.6. The van der Waals surface area contributed by atoms with Crippen molar-refractivity contribution in [1.82, 2.24) is 9.88 Å². The molecule has 82 valence electrons. The molecule has 0 radical (unpaired) electrons. The van der Waals surface area contributed by atoms with Crippen LogP contribution in [0.25, 0.3) is 0 Å². The number of amides is 1. The molecule has 1 fully saturated rings. The van der Waals surface area contributed by atoms with Gasteiger partial charge in [0.15, 0.2) is 0 Å². The van der Waals surface area contributed by atoms with Crippen LogP contribution in [-0.2, 0) is 11.3 Å². The van der Waals surface area contributed by atoms with Crippen molar-refractivity contribution < 1.29 is 4.79 Å². The van der Waals surface area contributed by atoms with Gasteiger partial charge in [-0.15, -0.1) is 22.9 Å². The van der Waals surface area contributed by atoms with E-state index in [9.17, 15) is 4.79 Å². The Morgan fingerprint density at radius 3 is 3.07 bits per heavy atom. The molecule has 1 atom stereocenters. The third-order valence-electron chi connectivity index (χ3n) is 2.53. The predicted molar refractivity (Wildman–Crippen MR) is 61.1 cm³/mol. The van der Waals surface area contributed by atoms with Gasteiger partial charge >= 0.3 is 0 Å². The van der Waals surface area contributed by atoms with Gasteiger partial charge in [0.2, 0.25) is 5.91 Å². The minimum atomic E-state index is 0.200. The van der Waals surface area contributed by atoms with E-state index in [0.717, 1.165) is 17.2 Å².